The van der Waals surface area contributed by atoms with E-state index >= 15 is 0 Å². The fourth-order valence-electron chi connectivity index (χ4n) is 6.01. The first kappa shape index (κ1) is 53.7. The Labute approximate surface area is 386 Å². The Balaban J connectivity index is 0.000000293. The van der Waals surface area contributed by atoms with Gasteiger partial charge in [0.15, 0.2) is 5.84 Å². The zero-order valence-corrected chi connectivity index (χ0v) is 37.1. The van der Waals surface area contributed by atoms with Crippen molar-refractivity contribution in [2.75, 3.05) is 0 Å². The molecule has 0 saturated heterocycles. The summed E-state index contributed by atoms with van der Waals surface area (Å²) in [6.45, 7) is -1.59. The van der Waals surface area contributed by atoms with Crippen molar-refractivity contribution in [3.05, 3.63) is 130 Å². The number of oxime groups is 1. The number of carbonyl (C=O) groups excluding carboxylic acids is 2. The van der Waals surface area contributed by atoms with Crippen molar-refractivity contribution in [3.63, 3.8) is 0 Å². The topological polar surface area (TPSA) is 258 Å². The fourth-order valence-corrected chi connectivity index (χ4v) is 9.47. The van der Waals surface area contributed by atoms with Crippen molar-refractivity contribution in [3.8, 4) is 11.4 Å². The molecule has 28 heteroatoms. The Morgan fingerprint density at radius 2 is 1.10 bits per heavy atom. The van der Waals surface area contributed by atoms with Crippen LogP contribution in [0.15, 0.2) is 111 Å². The Hall–Kier alpha value is -5.93. The maximum absolute atomic E-state index is 14.9. The molecular formula is C39H36Cl2F8N8O8S2. The summed E-state index contributed by atoms with van der Waals surface area (Å²) >= 11 is 11.6. The van der Waals surface area contributed by atoms with E-state index in [4.69, 9.17) is 45.6 Å². The van der Waals surface area contributed by atoms with Gasteiger partial charge >= 0.3 is 12.4 Å². The Morgan fingerprint density at radius 1 is 0.687 bits per heavy atom. The van der Waals surface area contributed by atoms with Crippen LogP contribution >= 0.6 is 23.2 Å². The summed E-state index contributed by atoms with van der Waals surface area (Å²) in [4.78, 5) is 27.1. The van der Waals surface area contributed by atoms with Gasteiger partial charge in [0, 0.05) is 58.2 Å². The highest BCUT2D eigenvalue weighted by molar-refractivity contribution is 7.89. The Kier molecular flexibility index (Phi) is 17.8. The lowest BCUT2D eigenvalue weighted by Gasteiger charge is -2.29. The number of hydrogen-bond donors (Lipinski definition) is 4. The lowest BCUT2D eigenvalue weighted by molar-refractivity contribution is -0.141. The zero-order chi connectivity index (χ0) is 50.1. The average molecular weight is 1030 g/mol. The maximum atomic E-state index is 14.9. The van der Waals surface area contributed by atoms with E-state index in [0.29, 0.717) is 8.61 Å². The highest BCUT2D eigenvalue weighted by Gasteiger charge is 2.40. The van der Waals surface area contributed by atoms with Crippen LogP contribution < -0.4 is 17.2 Å². The third-order valence-corrected chi connectivity index (χ3v) is 13.6. The van der Waals surface area contributed by atoms with E-state index in [2.05, 4.69) is 19.8 Å². The summed E-state index contributed by atoms with van der Waals surface area (Å²) in [6.07, 6.45) is -13.3. The number of nitrogens with two attached hydrogens (primary N) is 3. The molecule has 5 aromatic rings. The summed E-state index contributed by atoms with van der Waals surface area (Å²) in [5, 5.41) is 15.4. The van der Waals surface area contributed by atoms with Crippen LogP contribution in [0.3, 0.4) is 0 Å². The summed E-state index contributed by atoms with van der Waals surface area (Å²) in [5.74, 6) is -4.93. The number of alkyl halides is 6. The van der Waals surface area contributed by atoms with Gasteiger partial charge in [0.2, 0.25) is 44.1 Å². The molecule has 2 amide bonds. The first-order valence-corrected chi connectivity index (χ1v) is 22.4. The van der Waals surface area contributed by atoms with E-state index in [0.717, 1.165) is 48.9 Å². The largest absolute Gasteiger partial charge is 0.409 e. The fraction of sp³-hybridized carbons (Fsp3) is 0.256. The second-order valence-electron chi connectivity index (χ2n) is 14.0. The molecule has 0 saturated carbocycles. The summed E-state index contributed by atoms with van der Waals surface area (Å²) in [6, 6.07) is 12.2. The lowest BCUT2D eigenvalue weighted by atomic mass is 10.1. The van der Waals surface area contributed by atoms with Gasteiger partial charge in [-0.05, 0) is 73.5 Å². The van der Waals surface area contributed by atoms with Gasteiger partial charge in [-0.25, -0.2) is 25.6 Å². The molecule has 4 aromatic carbocycles. The molecule has 67 heavy (non-hydrogen) atoms. The minimum absolute atomic E-state index is 0.0330. The van der Waals surface area contributed by atoms with Crippen molar-refractivity contribution in [2.45, 2.75) is 73.0 Å². The van der Waals surface area contributed by atoms with Crippen LogP contribution in [-0.2, 0) is 42.7 Å². The number of amides is 2. The van der Waals surface area contributed by atoms with Crippen molar-refractivity contribution in [1.82, 2.24) is 18.8 Å². The highest BCUT2D eigenvalue weighted by Crippen LogP contribution is 2.32. The Bertz CT molecular complexity index is 2770. The average Bonchev–Trinajstić information content (AvgIpc) is 3.79. The molecule has 16 nitrogen and oxygen atoms in total. The molecule has 0 unspecified atom stereocenters. The van der Waals surface area contributed by atoms with E-state index in [-0.39, 0.29) is 47.9 Å². The van der Waals surface area contributed by atoms with Crippen LogP contribution in [0.4, 0.5) is 35.1 Å². The molecule has 2 atom stereocenters. The van der Waals surface area contributed by atoms with Crippen LogP contribution in [0.1, 0.15) is 42.4 Å². The van der Waals surface area contributed by atoms with Gasteiger partial charge in [-0.2, -0.15) is 39.9 Å². The monoisotopic (exact) mass is 1030 g/mol. The van der Waals surface area contributed by atoms with Crippen molar-refractivity contribution in [1.29, 1.82) is 0 Å². The van der Waals surface area contributed by atoms with Crippen LogP contribution in [0.2, 0.25) is 10.0 Å². The molecule has 0 spiro atoms. The predicted octanol–water partition coefficient (Wildman–Crippen LogP) is 6.88. The predicted molar refractivity (Wildman–Crippen MR) is 224 cm³/mol. The number of amidine groups is 1. The molecule has 0 aliphatic rings. The van der Waals surface area contributed by atoms with Gasteiger partial charge in [-0.15, -0.1) is 0 Å². The lowest BCUT2D eigenvalue weighted by Crippen LogP contribution is -2.48. The number of sulfonamides is 2. The SMILES string of the molecule is NC(=O)[C@@H](CCC(F)(F)F)N(Cc1ccc(-c2ncon2)cc1F)S(=O)(=O)c1ccc(Cl)cc1.NC(=O)[C@@H](CCC(F)(F)F)N(Cc1ccc(/C(N)=N/O)cc1F)S(=O)(=O)c1ccc(Cl)cc1. The quantitative estimate of drug-likeness (QED) is 0.0231. The number of aromatic nitrogens is 2. The molecule has 0 fully saturated rings. The number of benzene rings is 4. The van der Waals surface area contributed by atoms with Crippen LogP contribution in [-0.4, -0.2) is 82.9 Å². The number of hydrogen-bond acceptors (Lipinski definition) is 11. The van der Waals surface area contributed by atoms with E-state index in [1.54, 1.807) is 0 Å². The third kappa shape index (κ3) is 14.8. The van der Waals surface area contributed by atoms with Gasteiger partial charge < -0.3 is 26.9 Å². The molecule has 0 radical (unpaired) electrons. The van der Waals surface area contributed by atoms with Crippen LogP contribution in [0, 0.1) is 11.6 Å². The van der Waals surface area contributed by atoms with E-state index in [9.17, 15) is 61.5 Å². The van der Waals surface area contributed by atoms with E-state index in [1.807, 2.05) is 0 Å². The minimum atomic E-state index is -4.70. The molecular weight excluding hydrogens is 996 g/mol. The number of halogens is 10. The van der Waals surface area contributed by atoms with Crippen molar-refractivity contribution in [2.24, 2.45) is 22.4 Å². The third-order valence-electron chi connectivity index (χ3n) is 9.38. The molecule has 0 aliphatic heterocycles. The van der Waals surface area contributed by atoms with E-state index in [1.165, 1.54) is 42.5 Å². The second kappa shape index (κ2) is 22.2. The molecule has 5 rings (SSSR count). The summed E-state index contributed by atoms with van der Waals surface area (Å²) < 4.78 is 165. The first-order chi connectivity index (χ1) is 31.1. The molecule has 0 bridgehead atoms. The number of nitrogens with zero attached hydrogens (tertiary/aromatic N) is 5. The zero-order valence-electron chi connectivity index (χ0n) is 33.9. The molecule has 362 valence electrons. The van der Waals surface area contributed by atoms with Gasteiger partial charge in [0.1, 0.15) is 23.7 Å². The number of rotatable bonds is 18. The summed E-state index contributed by atoms with van der Waals surface area (Å²) in [7, 11) is -9.22. The van der Waals surface area contributed by atoms with Gasteiger partial charge in [0.05, 0.1) is 9.79 Å². The summed E-state index contributed by atoms with van der Waals surface area (Å²) in [5.41, 5.74) is 15.6. The smallest absolute Gasteiger partial charge is 0.389 e. The standard InChI is InChI=1S/C20H17ClF4N4O4S.C19H19ClF4N4O4S/c21-14-3-5-15(6-4-14)34(31,32)29(17(18(26)30)7-8-20(23,24)25)10-13-2-1-12(9-16(13)22)19-27-11-33-28-19;20-13-3-5-14(6-4-13)33(31,32)28(16(18(26)29)7-8-19(22,23)24)10-12-2-1-11(9-15(12)21)17(25)27-30/h1-6,9,11,17H,7-8,10H2,(H2,26,30);1-6,9,16,30H,7-8,10H2,(H2,25,27)(H2,26,29)/t17-;16-/m11/s1. The van der Waals surface area contributed by atoms with Crippen molar-refractivity contribution >= 4 is 60.9 Å². The second-order valence-corrected chi connectivity index (χ2v) is 18.7. The normalized spacial score (nSPS) is 13.5. The van der Waals surface area contributed by atoms with Crippen molar-refractivity contribution < 1.29 is 71.3 Å². The maximum Gasteiger partial charge on any atom is 0.389 e. The van der Waals surface area contributed by atoms with E-state index < -0.39 is 113 Å². The van der Waals surface area contributed by atoms with Gasteiger partial charge in [-0.3, -0.25) is 9.59 Å². The minimum Gasteiger partial charge on any atom is -0.409 e. The number of primary amides is 2. The van der Waals surface area contributed by atoms with Gasteiger partial charge in [0.25, 0.3) is 0 Å². The molecule has 7 N–H and O–H groups in total. The Morgan fingerprint density at radius 3 is 1.45 bits per heavy atom. The molecule has 1 aromatic heterocycles. The molecule has 0 aliphatic carbocycles. The van der Waals surface area contributed by atoms with Gasteiger partial charge in [-0.1, -0.05) is 57.8 Å². The highest BCUT2D eigenvalue weighted by atomic mass is 35.5. The van der Waals surface area contributed by atoms with Crippen LogP contribution in [0.5, 0.6) is 0 Å². The first-order valence-electron chi connectivity index (χ1n) is 18.7. The van der Waals surface area contributed by atoms with Crippen LogP contribution in [0.25, 0.3) is 11.4 Å². The number of carbonyl (C=O) groups is 2. The molecule has 1 heterocycles.